The van der Waals surface area contributed by atoms with Gasteiger partial charge in [0.2, 0.25) is 0 Å². The fourth-order valence-electron chi connectivity index (χ4n) is 3.21. The SMILES string of the molecule is CCOc1cc(CNCCN2CCOCC2)cc(Br)c1OCc1ccc(Cl)cc1Cl.Cl.Cl. The van der Waals surface area contributed by atoms with Crippen LogP contribution in [-0.4, -0.2) is 50.9 Å². The van der Waals surface area contributed by atoms with E-state index in [0.717, 1.165) is 61.5 Å². The van der Waals surface area contributed by atoms with Gasteiger partial charge < -0.3 is 19.5 Å². The second-order valence-corrected chi connectivity index (χ2v) is 8.69. The molecule has 0 spiro atoms. The Balaban J connectivity index is 0.00000256. The van der Waals surface area contributed by atoms with E-state index in [0.29, 0.717) is 34.8 Å². The molecule has 1 fully saturated rings. The van der Waals surface area contributed by atoms with Gasteiger partial charge in [-0.15, -0.1) is 24.8 Å². The van der Waals surface area contributed by atoms with Gasteiger partial charge in [0, 0.05) is 48.3 Å². The van der Waals surface area contributed by atoms with E-state index in [1.165, 1.54) is 0 Å². The number of nitrogens with zero attached hydrogens (tertiary/aromatic N) is 1. The van der Waals surface area contributed by atoms with Gasteiger partial charge in [-0.25, -0.2) is 0 Å². The number of morpholine rings is 1. The summed E-state index contributed by atoms with van der Waals surface area (Å²) in [7, 11) is 0. The van der Waals surface area contributed by atoms with Crippen LogP contribution in [0.2, 0.25) is 10.0 Å². The van der Waals surface area contributed by atoms with Crippen LogP contribution in [0.25, 0.3) is 0 Å². The number of hydrogen-bond acceptors (Lipinski definition) is 5. The summed E-state index contributed by atoms with van der Waals surface area (Å²) in [5.74, 6) is 1.38. The number of hydrogen-bond donors (Lipinski definition) is 1. The van der Waals surface area contributed by atoms with Gasteiger partial charge in [-0.3, -0.25) is 4.90 Å². The number of ether oxygens (including phenoxy) is 3. The largest absolute Gasteiger partial charge is 0.490 e. The molecular formula is C22H29BrCl4N2O3. The monoisotopic (exact) mass is 588 g/mol. The third kappa shape index (κ3) is 9.07. The topological polar surface area (TPSA) is 43.0 Å². The molecule has 1 N–H and O–H groups in total. The molecule has 1 saturated heterocycles. The van der Waals surface area contributed by atoms with Gasteiger partial charge in [-0.05, 0) is 52.7 Å². The van der Waals surface area contributed by atoms with Crippen LogP contribution in [0.15, 0.2) is 34.8 Å². The van der Waals surface area contributed by atoms with Crippen LogP contribution < -0.4 is 14.8 Å². The molecule has 10 heteroatoms. The van der Waals surface area contributed by atoms with Crippen molar-refractivity contribution < 1.29 is 14.2 Å². The average Bonchev–Trinajstić information content (AvgIpc) is 2.73. The second kappa shape index (κ2) is 15.5. The minimum atomic E-state index is 0. The smallest absolute Gasteiger partial charge is 0.175 e. The third-order valence-corrected chi connectivity index (χ3v) is 5.97. The minimum Gasteiger partial charge on any atom is -0.490 e. The summed E-state index contributed by atoms with van der Waals surface area (Å²) in [4.78, 5) is 2.41. The van der Waals surface area contributed by atoms with Crippen molar-refractivity contribution >= 4 is 63.9 Å². The highest BCUT2D eigenvalue weighted by Crippen LogP contribution is 2.38. The van der Waals surface area contributed by atoms with E-state index in [-0.39, 0.29) is 24.8 Å². The number of benzene rings is 2. The number of rotatable bonds is 10. The summed E-state index contributed by atoms with van der Waals surface area (Å²) in [6, 6.07) is 9.46. The Kier molecular flexibility index (Phi) is 14.3. The molecule has 1 heterocycles. The molecule has 0 amide bonds. The van der Waals surface area contributed by atoms with Crippen molar-refractivity contribution in [3.8, 4) is 11.5 Å². The van der Waals surface area contributed by atoms with Crippen molar-refractivity contribution in [2.24, 2.45) is 0 Å². The molecule has 2 aromatic carbocycles. The lowest BCUT2D eigenvalue weighted by atomic mass is 10.2. The first kappa shape index (κ1) is 29.6. The second-order valence-electron chi connectivity index (χ2n) is 6.99. The zero-order chi connectivity index (χ0) is 21.3. The summed E-state index contributed by atoms with van der Waals surface area (Å²) in [5, 5.41) is 4.69. The fourth-order valence-corrected chi connectivity index (χ4v) is 4.28. The first-order chi connectivity index (χ1) is 14.6. The molecule has 3 rings (SSSR count). The summed E-state index contributed by atoms with van der Waals surface area (Å²) in [6.07, 6.45) is 0. The van der Waals surface area contributed by atoms with Crippen molar-refractivity contribution in [3.05, 3.63) is 56.0 Å². The van der Waals surface area contributed by atoms with Crippen LogP contribution in [0, 0.1) is 0 Å². The standard InChI is InChI=1S/C22H27BrCl2N2O3.2ClH/c1-2-29-21-12-16(14-26-5-6-27-7-9-28-10-8-27)11-19(23)22(21)30-15-17-3-4-18(24)13-20(17)25;;/h3-4,11-13,26H,2,5-10,14-15H2,1H3;2*1H. The van der Waals surface area contributed by atoms with Crippen molar-refractivity contribution in [1.82, 2.24) is 10.2 Å². The van der Waals surface area contributed by atoms with Crippen LogP contribution in [0.5, 0.6) is 11.5 Å². The maximum atomic E-state index is 6.26. The van der Waals surface area contributed by atoms with Crippen LogP contribution >= 0.6 is 63.9 Å². The Morgan fingerprint density at radius 3 is 2.53 bits per heavy atom. The zero-order valence-corrected chi connectivity index (χ0v) is 22.6. The molecule has 180 valence electrons. The lowest BCUT2D eigenvalue weighted by molar-refractivity contribution is 0.0384. The van der Waals surface area contributed by atoms with Gasteiger partial charge in [0.25, 0.3) is 0 Å². The predicted octanol–water partition coefficient (Wildman–Crippen LogP) is 6.00. The van der Waals surface area contributed by atoms with Gasteiger partial charge in [-0.2, -0.15) is 0 Å². The maximum absolute atomic E-state index is 6.26. The van der Waals surface area contributed by atoms with Gasteiger partial charge in [0.1, 0.15) is 6.61 Å². The molecule has 0 atom stereocenters. The lowest BCUT2D eigenvalue weighted by Gasteiger charge is -2.26. The number of nitrogens with one attached hydrogen (secondary N) is 1. The quantitative estimate of drug-likeness (QED) is 0.344. The molecule has 1 aliphatic heterocycles. The summed E-state index contributed by atoms with van der Waals surface area (Å²) in [6.45, 7) is 9.20. The Labute approximate surface area is 221 Å². The Hall–Kier alpha value is -0.440. The fraction of sp³-hybridized carbons (Fsp3) is 0.455. The molecule has 0 aliphatic carbocycles. The summed E-state index contributed by atoms with van der Waals surface area (Å²) in [5.41, 5.74) is 1.99. The zero-order valence-electron chi connectivity index (χ0n) is 17.9. The van der Waals surface area contributed by atoms with E-state index in [1.807, 2.05) is 19.1 Å². The molecule has 5 nitrogen and oxygen atoms in total. The van der Waals surface area contributed by atoms with Gasteiger partial charge in [0.05, 0.1) is 24.3 Å². The minimum absolute atomic E-state index is 0. The first-order valence-electron chi connectivity index (χ1n) is 10.1. The highest BCUT2D eigenvalue weighted by Gasteiger charge is 2.14. The first-order valence-corrected chi connectivity index (χ1v) is 11.6. The van der Waals surface area contributed by atoms with E-state index < -0.39 is 0 Å². The van der Waals surface area contributed by atoms with Crippen LogP contribution in [-0.2, 0) is 17.9 Å². The Morgan fingerprint density at radius 2 is 1.84 bits per heavy atom. The van der Waals surface area contributed by atoms with E-state index in [9.17, 15) is 0 Å². The van der Waals surface area contributed by atoms with E-state index in [2.05, 4.69) is 32.2 Å². The average molecular weight is 591 g/mol. The third-order valence-electron chi connectivity index (χ3n) is 4.79. The normalized spacial score (nSPS) is 13.8. The van der Waals surface area contributed by atoms with Crippen LogP contribution in [0.3, 0.4) is 0 Å². The lowest BCUT2D eigenvalue weighted by Crippen LogP contribution is -2.40. The number of halogens is 5. The van der Waals surface area contributed by atoms with E-state index >= 15 is 0 Å². The Morgan fingerprint density at radius 1 is 1.09 bits per heavy atom. The maximum Gasteiger partial charge on any atom is 0.175 e. The highest BCUT2D eigenvalue weighted by atomic mass is 79.9. The van der Waals surface area contributed by atoms with Crippen molar-refractivity contribution in [3.63, 3.8) is 0 Å². The summed E-state index contributed by atoms with van der Waals surface area (Å²) < 4.78 is 18.1. The van der Waals surface area contributed by atoms with Gasteiger partial charge in [0.15, 0.2) is 11.5 Å². The van der Waals surface area contributed by atoms with Gasteiger partial charge in [-0.1, -0.05) is 29.3 Å². The molecular weight excluding hydrogens is 562 g/mol. The molecule has 2 aromatic rings. The molecule has 0 bridgehead atoms. The van der Waals surface area contributed by atoms with E-state index in [4.69, 9.17) is 37.4 Å². The molecule has 1 aliphatic rings. The highest BCUT2D eigenvalue weighted by molar-refractivity contribution is 9.10. The van der Waals surface area contributed by atoms with E-state index in [1.54, 1.807) is 12.1 Å². The van der Waals surface area contributed by atoms with Crippen LogP contribution in [0.1, 0.15) is 18.1 Å². The van der Waals surface area contributed by atoms with Crippen molar-refractivity contribution in [1.29, 1.82) is 0 Å². The van der Waals surface area contributed by atoms with Crippen molar-refractivity contribution in [2.75, 3.05) is 46.0 Å². The molecule has 32 heavy (non-hydrogen) atoms. The molecule has 0 unspecified atom stereocenters. The van der Waals surface area contributed by atoms with Crippen molar-refractivity contribution in [2.45, 2.75) is 20.1 Å². The molecule has 0 saturated carbocycles. The molecule has 0 radical (unpaired) electrons. The predicted molar refractivity (Wildman–Crippen MR) is 140 cm³/mol. The summed E-state index contributed by atoms with van der Waals surface area (Å²) >= 11 is 15.9. The molecule has 0 aromatic heterocycles. The Bertz CT molecular complexity index is 839. The van der Waals surface area contributed by atoms with Crippen LogP contribution in [0.4, 0.5) is 0 Å². The van der Waals surface area contributed by atoms with Gasteiger partial charge >= 0.3 is 0 Å².